The molecule has 2 aliphatic heterocycles. The van der Waals surface area contributed by atoms with E-state index in [1.54, 1.807) is 30.1 Å². The summed E-state index contributed by atoms with van der Waals surface area (Å²) in [6.45, 7) is 5.45. The highest BCUT2D eigenvalue weighted by Crippen LogP contribution is 2.33. The van der Waals surface area contributed by atoms with Gasteiger partial charge >= 0.3 is 0 Å². The Bertz CT molecular complexity index is 1380. The van der Waals surface area contributed by atoms with Crippen molar-refractivity contribution in [2.45, 2.75) is 25.8 Å². The minimum absolute atomic E-state index is 0.140. The molecule has 0 bridgehead atoms. The Balaban J connectivity index is 1.63. The summed E-state index contributed by atoms with van der Waals surface area (Å²) in [4.78, 5) is 20.6. The zero-order chi connectivity index (χ0) is 26.1. The van der Waals surface area contributed by atoms with E-state index < -0.39 is 23.8 Å². The standard InChI is InChI=1S/C27H30F3N5O2/c1-17(19-4-3-5-20(24(19)28)26(29)30)32-22-6-9-31-25-21(22)16-35(34-12-14-37-15-13-34)27(36)23(25)18-7-10-33(2)11-8-18/h3-7,9,16-17,26,32H,8,10-15H2,1-2H3/t17-/m1/s1. The Labute approximate surface area is 213 Å². The van der Waals surface area contributed by atoms with Gasteiger partial charge in [-0.3, -0.25) is 9.78 Å². The lowest BCUT2D eigenvalue weighted by Gasteiger charge is -2.31. The number of fused-ring (bicyclic) bond motifs is 1. The Hall–Kier alpha value is -3.37. The van der Waals surface area contributed by atoms with E-state index in [0.717, 1.165) is 31.1 Å². The minimum Gasteiger partial charge on any atom is -0.378 e. The molecule has 5 rings (SSSR count). The molecule has 0 radical (unpaired) electrons. The molecular formula is C27H30F3N5O2. The second-order valence-electron chi connectivity index (χ2n) is 9.50. The number of alkyl halides is 2. The van der Waals surface area contributed by atoms with Crippen molar-refractivity contribution in [3.63, 3.8) is 0 Å². The Morgan fingerprint density at radius 3 is 2.57 bits per heavy atom. The molecule has 4 heterocycles. The van der Waals surface area contributed by atoms with Gasteiger partial charge < -0.3 is 20.0 Å². The third kappa shape index (κ3) is 4.95. The van der Waals surface area contributed by atoms with Crippen molar-refractivity contribution < 1.29 is 17.9 Å². The summed E-state index contributed by atoms with van der Waals surface area (Å²) >= 11 is 0. The summed E-state index contributed by atoms with van der Waals surface area (Å²) in [7, 11) is 2.03. The number of anilines is 1. The number of aromatic nitrogens is 2. The van der Waals surface area contributed by atoms with Crippen LogP contribution in [0.1, 0.15) is 42.5 Å². The van der Waals surface area contributed by atoms with Gasteiger partial charge in [0.15, 0.2) is 0 Å². The Morgan fingerprint density at radius 1 is 1.11 bits per heavy atom. The van der Waals surface area contributed by atoms with E-state index in [9.17, 15) is 18.0 Å². The van der Waals surface area contributed by atoms with Crippen LogP contribution < -0.4 is 15.9 Å². The largest absolute Gasteiger partial charge is 0.378 e. The number of nitrogens with zero attached hydrogens (tertiary/aromatic N) is 4. The van der Waals surface area contributed by atoms with Crippen LogP contribution in [0.4, 0.5) is 18.9 Å². The first-order valence-corrected chi connectivity index (χ1v) is 12.4. The van der Waals surface area contributed by atoms with Crippen LogP contribution in [0.5, 0.6) is 0 Å². The number of likely N-dealkylation sites (N-methyl/N-ethyl adjacent to an activating group) is 1. The summed E-state index contributed by atoms with van der Waals surface area (Å²) in [5, 5.41) is 5.93. The minimum atomic E-state index is -2.90. The number of halogens is 3. The maximum atomic E-state index is 14.9. The van der Waals surface area contributed by atoms with Crippen LogP contribution in [0.3, 0.4) is 0 Å². The van der Waals surface area contributed by atoms with Crippen molar-refractivity contribution in [1.82, 2.24) is 14.6 Å². The molecule has 3 aromatic rings. The molecule has 0 aliphatic carbocycles. The molecule has 0 saturated carbocycles. The third-order valence-corrected chi connectivity index (χ3v) is 7.06. The fourth-order valence-corrected chi connectivity index (χ4v) is 4.97. The molecule has 1 N–H and O–H groups in total. The predicted octanol–water partition coefficient (Wildman–Crippen LogP) is 4.33. The highest BCUT2D eigenvalue weighted by atomic mass is 19.3. The summed E-state index contributed by atoms with van der Waals surface area (Å²) < 4.78 is 48.6. The maximum Gasteiger partial charge on any atom is 0.278 e. The van der Waals surface area contributed by atoms with Gasteiger partial charge in [0.05, 0.1) is 49.0 Å². The quantitative estimate of drug-likeness (QED) is 0.530. The van der Waals surface area contributed by atoms with Crippen LogP contribution in [0.2, 0.25) is 0 Å². The molecule has 1 fully saturated rings. The molecule has 10 heteroatoms. The fourth-order valence-electron chi connectivity index (χ4n) is 4.97. The van der Waals surface area contributed by atoms with E-state index in [1.165, 1.54) is 12.1 Å². The molecule has 2 aliphatic rings. The van der Waals surface area contributed by atoms with Gasteiger partial charge in [-0.05, 0) is 32.0 Å². The number of ether oxygens (including phenoxy) is 1. The van der Waals surface area contributed by atoms with E-state index >= 15 is 0 Å². The molecule has 1 saturated heterocycles. The fraction of sp³-hybridized carbons (Fsp3) is 0.407. The van der Waals surface area contributed by atoms with Gasteiger partial charge in [-0.25, -0.2) is 17.8 Å². The molecule has 7 nitrogen and oxygen atoms in total. The first-order valence-electron chi connectivity index (χ1n) is 12.4. The average molecular weight is 514 g/mol. The van der Waals surface area contributed by atoms with Gasteiger partial charge in [0.25, 0.3) is 12.0 Å². The van der Waals surface area contributed by atoms with E-state index in [2.05, 4.69) is 21.3 Å². The maximum absolute atomic E-state index is 14.9. The van der Waals surface area contributed by atoms with Crippen LogP contribution in [0.15, 0.2) is 47.5 Å². The second kappa shape index (κ2) is 10.5. The number of pyridine rings is 2. The highest BCUT2D eigenvalue weighted by molar-refractivity contribution is 5.97. The van der Waals surface area contributed by atoms with E-state index in [0.29, 0.717) is 48.5 Å². The molecule has 1 aromatic carbocycles. The van der Waals surface area contributed by atoms with E-state index in [-0.39, 0.29) is 11.1 Å². The lowest BCUT2D eigenvalue weighted by atomic mass is 9.98. The molecule has 37 heavy (non-hydrogen) atoms. The van der Waals surface area contributed by atoms with Crippen molar-refractivity contribution in [2.75, 3.05) is 56.8 Å². The number of benzene rings is 1. The van der Waals surface area contributed by atoms with Gasteiger partial charge in [0.2, 0.25) is 0 Å². The first kappa shape index (κ1) is 25.3. The van der Waals surface area contributed by atoms with Crippen LogP contribution in [-0.2, 0) is 4.74 Å². The highest BCUT2D eigenvalue weighted by Gasteiger charge is 2.24. The number of hydrogen-bond donors (Lipinski definition) is 1. The average Bonchev–Trinajstić information content (AvgIpc) is 2.89. The van der Waals surface area contributed by atoms with Crippen molar-refractivity contribution in [1.29, 1.82) is 0 Å². The number of hydrogen-bond acceptors (Lipinski definition) is 6. The van der Waals surface area contributed by atoms with Crippen molar-refractivity contribution in [3.05, 3.63) is 75.6 Å². The monoisotopic (exact) mass is 513 g/mol. The van der Waals surface area contributed by atoms with Gasteiger partial charge in [-0.1, -0.05) is 24.3 Å². The molecule has 1 atom stereocenters. The first-order chi connectivity index (χ1) is 17.8. The molecule has 0 spiro atoms. The predicted molar refractivity (Wildman–Crippen MR) is 138 cm³/mol. The Kier molecular flexibility index (Phi) is 7.21. The summed E-state index contributed by atoms with van der Waals surface area (Å²) in [5.41, 5.74) is 2.08. The van der Waals surface area contributed by atoms with Gasteiger partial charge in [-0.2, -0.15) is 0 Å². The SMILES string of the molecule is C[C@@H](Nc1ccnc2c(C3=CCN(C)CC3)c(=O)n(N3CCOCC3)cc12)c1cccc(C(F)F)c1F. The van der Waals surface area contributed by atoms with E-state index in [4.69, 9.17) is 4.74 Å². The van der Waals surface area contributed by atoms with Crippen LogP contribution in [-0.4, -0.2) is 61.0 Å². The number of morpholine rings is 1. The molecular weight excluding hydrogens is 483 g/mol. The normalized spacial score (nSPS) is 17.8. The second-order valence-corrected chi connectivity index (χ2v) is 9.50. The summed E-state index contributed by atoms with van der Waals surface area (Å²) in [6.07, 6.45) is 3.26. The topological polar surface area (TPSA) is 62.6 Å². The molecule has 0 amide bonds. The molecule has 0 unspecified atom stereocenters. The number of nitrogens with one attached hydrogen (secondary N) is 1. The smallest absolute Gasteiger partial charge is 0.278 e. The third-order valence-electron chi connectivity index (χ3n) is 7.06. The van der Waals surface area contributed by atoms with Crippen LogP contribution in [0.25, 0.3) is 16.5 Å². The van der Waals surface area contributed by atoms with Crippen LogP contribution >= 0.6 is 0 Å². The molecule has 196 valence electrons. The van der Waals surface area contributed by atoms with Crippen molar-refractivity contribution in [3.8, 4) is 0 Å². The van der Waals surface area contributed by atoms with Crippen LogP contribution in [0, 0.1) is 5.82 Å². The summed E-state index contributed by atoms with van der Waals surface area (Å²) in [5.74, 6) is -0.918. The Morgan fingerprint density at radius 2 is 1.86 bits per heavy atom. The zero-order valence-corrected chi connectivity index (χ0v) is 20.9. The van der Waals surface area contributed by atoms with Crippen molar-refractivity contribution >= 4 is 22.2 Å². The van der Waals surface area contributed by atoms with Gasteiger partial charge in [0, 0.05) is 42.1 Å². The van der Waals surface area contributed by atoms with Crippen molar-refractivity contribution in [2.24, 2.45) is 0 Å². The lowest BCUT2D eigenvalue weighted by molar-refractivity contribution is 0.110. The summed E-state index contributed by atoms with van der Waals surface area (Å²) in [6, 6.07) is 5.18. The zero-order valence-electron chi connectivity index (χ0n) is 20.9. The lowest BCUT2D eigenvalue weighted by Crippen LogP contribution is -2.49. The van der Waals surface area contributed by atoms with Gasteiger partial charge in [-0.15, -0.1) is 0 Å². The molecule has 2 aromatic heterocycles. The van der Waals surface area contributed by atoms with E-state index in [1.807, 2.05) is 12.1 Å². The number of rotatable bonds is 6. The van der Waals surface area contributed by atoms with Gasteiger partial charge in [0.1, 0.15) is 5.82 Å².